The van der Waals surface area contributed by atoms with Gasteiger partial charge in [0.15, 0.2) is 0 Å². The largest absolute Gasteiger partial charge is 0.416 e. The first-order chi connectivity index (χ1) is 11.2. The van der Waals surface area contributed by atoms with Gasteiger partial charge in [0, 0.05) is 4.90 Å². The molecule has 0 saturated heterocycles. The Bertz CT molecular complexity index is 782. The van der Waals surface area contributed by atoms with E-state index in [-0.39, 0.29) is 18.2 Å². The van der Waals surface area contributed by atoms with E-state index in [0.29, 0.717) is 0 Å². The molecule has 0 bridgehead atoms. The normalized spacial score (nSPS) is 12.3. The Morgan fingerprint density at radius 3 is 1.44 bits per heavy atom. The van der Waals surface area contributed by atoms with Crippen LogP contribution in [0, 0.1) is 0 Å². The van der Waals surface area contributed by atoms with Crippen LogP contribution in [0.2, 0.25) is 0 Å². The maximum atomic E-state index is 12.3. The second-order valence-corrected chi connectivity index (χ2v) is 6.49. The van der Waals surface area contributed by atoms with Crippen molar-refractivity contribution in [1.29, 1.82) is 0 Å². The van der Waals surface area contributed by atoms with Gasteiger partial charge in [-0.1, -0.05) is 18.2 Å². The molecule has 0 aliphatic carbocycles. The highest BCUT2D eigenvalue weighted by Gasteiger charge is 2.38. The van der Waals surface area contributed by atoms with Gasteiger partial charge in [0.2, 0.25) is 0 Å². The lowest BCUT2D eigenvalue weighted by Crippen LogP contribution is -2.13. The van der Waals surface area contributed by atoms with Crippen LogP contribution in [0.15, 0.2) is 58.3 Å². The lowest BCUT2D eigenvalue weighted by Gasteiger charge is -2.12. The number of benzene rings is 2. The summed E-state index contributed by atoms with van der Waals surface area (Å²) < 4.78 is 103. The molecule has 1 N–H and O–H groups in total. The Balaban J connectivity index is 0.000000370. The summed E-state index contributed by atoms with van der Waals surface area (Å²) >= 11 is 4.08. The van der Waals surface area contributed by atoms with Crippen molar-refractivity contribution in [3.8, 4) is 0 Å². The van der Waals surface area contributed by atoms with Crippen LogP contribution in [0.5, 0.6) is 0 Å². The van der Waals surface area contributed by atoms with Crippen molar-refractivity contribution in [1.82, 2.24) is 0 Å². The standard InChI is InChI=1S/C8H4F6O3S.C6H6S/c9-7(10,11)4-1-5(8(12,13)14)3-6(2-4)18(15,16)17;7-6-4-2-1-3-5-6/h1-3H,(H,15,16,17);1-5,7H. The summed E-state index contributed by atoms with van der Waals surface area (Å²) in [5, 5.41) is 0. The zero-order chi connectivity index (χ0) is 19.5. The third-order valence-corrected chi connectivity index (χ3v) is 3.74. The minimum absolute atomic E-state index is 0.0788. The Kier molecular flexibility index (Phi) is 6.54. The minimum Gasteiger partial charge on any atom is -0.282 e. The number of thiol groups is 1. The Morgan fingerprint density at radius 1 is 0.800 bits per heavy atom. The summed E-state index contributed by atoms with van der Waals surface area (Å²) in [6.45, 7) is 0. The minimum atomic E-state index is -5.17. The number of rotatable bonds is 1. The van der Waals surface area contributed by atoms with E-state index >= 15 is 0 Å². The van der Waals surface area contributed by atoms with Gasteiger partial charge in [-0.05, 0) is 30.3 Å². The molecule has 0 radical (unpaired) electrons. The zero-order valence-corrected chi connectivity index (χ0v) is 13.7. The number of hydrogen-bond donors (Lipinski definition) is 2. The van der Waals surface area contributed by atoms with E-state index in [4.69, 9.17) is 4.55 Å². The monoisotopic (exact) mass is 404 g/mol. The van der Waals surface area contributed by atoms with Gasteiger partial charge in [-0.2, -0.15) is 34.8 Å². The van der Waals surface area contributed by atoms with E-state index < -0.39 is 38.5 Å². The SMILES string of the molecule is O=S(=O)(O)c1cc(C(F)(F)F)cc(C(F)(F)F)c1.Sc1ccccc1. The Hall–Kier alpha value is -1.72. The molecule has 0 amide bonds. The number of alkyl halides is 6. The fourth-order valence-electron chi connectivity index (χ4n) is 1.50. The maximum Gasteiger partial charge on any atom is 0.416 e. The van der Waals surface area contributed by atoms with Crippen LogP contribution in [0.25, 0.3) is 0 Å². The molecule has 3 nitrogen and oxygen atoms in total. The summed E-state index contributed by atoms with van der Waals surface area (Å²) in [5.41, 5.74) is -3.63. The highest BCUT2D eigenvalue weighted by molar-refractivity contribution is 7.85. The van der Waals surface area contributed by atoms with E-state index in [9.17, 15) is 34.8 Å². The van der Waals surface area contributed by atoms with Gasteiger partial charge in [-0.25, -0.2) is 0 Å². The van der Waals surface area contributed by atoms with Crippen molar-refractivity contribution >= 4 is 22.7 Å². The predicted octanol–water partition coefficient (Wildman–Crippen LogP) is 4.95. The lowest BCUT2D eigenvalue weighted by atomic mass is 10.1. The molecule has 0 spiro atoms. The first kappa shape index (κ1) is 21.3. The average molecular weight is 404 g/mol. The molecule has 0 unspecified atom stereocenters. The molecule has 2 rings (SSSR count). The summed E-state index contributed by atoms with van der Waals surface area (Å²) in [4.78, 5) is -0.452. The Morgan fingerprint density at radius 2 is 1.20 bits per heavy atom. The highest BCUT2D eigenvalue weighted by atomic mass is 32.2. The number of halogens is 6. The molecule has 25 heavy (non-hydrogen) atoms. The van der Waals surface area contributed by atoms with Crippen LogP contribution in [-0.2, 0) is 22.5 Å². The van der Waals surface area contributed by atoms with Crippen LogP contribution in [-0.4, -0.2) is 13.0 Å². The van der Waals surface area contributed by atoms with Crippen LogP contribution < -0.4 is 0 Å². The lowest BCUT2D eigenvalue weighted by molar-refractivity contribution is -0.143. The van der Waals surface area contributed by atoms with Crippen molar-refractivity contribution < 1.29 is 39.3 Å². The number of hydrogen-bond acceptors (Lipinski definition) is 3. The maximum absolute atomic E-state index is 12.3. The molecule has 138 valence electrons. The van der Waals surface area contributed by atoms with Crippen LogP contribution >= 0.6 is 12.6 Å². The fourth-order valence-corrected chi connectivity index (χ4v) is 2.23. The molecule has 0 aliphatic heterocycles. The molecule has 0 aromatic heterocycles. The Labute approximate surface area is 144 Å². The molecule has 0 atom stereocenters. The van der Waals surface area contributed by atoms with E-state index in [1.807, 2.05) is 30.3 Å². The third kappa shape index (κ3) is 6.96. The van der Waals surface area contributed by atoms with Crippen molar-refractivity contribution in [2.24, 2.45) is 0 Å². The van der Waals surface area contributed by atoms with Gasteiger partial charge in [0.1, 0.15) is 0 Å². The first-order valence-corrected chi connectivity index (χ1v) is 8.11. The molecule has 2 aromatic carbocycles. The summed E-state index contributed by atoms with van der Waals surface area (Å²) in [7, 11) is -5.17. The molecule has 11 heteroatoms. The predicted molar refractivity (Wildman–Crippen MR) is 80.0 cm³/mol. The molecule has 0 saturated carbocycles. The molecular formula is C14H10F6O3S2. The highest BCUT2D eigenvalue weighted by Crippen LogP contribution is 2.37. The van der Waals surface area contributed by atoms with Crippen LogP contribution in [0.1, 0.15) is 11.1 Å². The van der Waals surface area contributed by atoms with Gasteiger partial charge in [-0.15, -0.1) is 12.6 Å². The second kappa shape index (κ2) is 7.67. The summed E-state index contributed by atoms with van der Waals surface area (Å²) in [6.07, 6.45) is -10.3. The van der Waals surface area contributed by atoms with Crippen molar-refractivity contribution in [3.05, 3.63) is 59.7 Å². The molecular weight excluding hydrogens is 394 g/mol. The van der Waals surface area contributed by atoms with Gasteiger partial charge >= 0.3 is 12.4 Å². The molecule has 0 aliphatic rings. The van der Waals surface area contributed by atoms with E-state index in [2.05, 4.69) is 12.6 Å². The smallest absolute Gasteiger partial charge is 0.282 e. The van der Waals surface area contributed by atoms with E-state index in [1.165, 1.54) is 0 Å². The summed E-state index contributed by atoms with van der Waals surface area (Å²) in [6, 6.07) is 9.39. The van der Waals surface area contributed by atoms with Crippen molar-refractivity contribution in [2.45, 2.75) is 22.1 Å². The average Bonchev–Trinajstić information content (AvgIpc) is 2.45. The van der Waals surface area contributed by atoms with Crippen LogP contribution in [0.4, 0.5) is 26.3 Å². The molecule has 2 aromatic rings. The summed E-state index contributed by atoms with van der Waals surface area (Å²) in [5.74, 6) is 0. The van der Waals surface area contributed by atoms with Crippen LogP contribution in [0.3, 0.4) is 0 Å². The third-order valence-electron chi connectivity index (χ3n) is 2.62. The topological polar surface area (TPSA) is 54.4 Å². The van der Waals surface area contributed by atoms with Crippen molar-refractivity contribution in [3.63, 3.8) is 0 Å². The van der Waals surface area contributed by atoms with Crippen molar-refractivity contribution in [2.75, 3.05) is 0 Å². The fraction of sp³-hybridized carbons (Fsp3) is 0.143. The molecule has 0 fully saturated rings. The quantitative estimate of drug-likeness (QED) is 0.402. The van der Waals surface area contributed by atoms with Gasteiger partial charge < -0.3 is 0 Å². The van der Waals surface area contributed by atoms with Gasteiger partial charge in [-0.3, -0.25) is 4.55 Å². The van der Waals surface area contributed by atoms with E-state index in [0.717, 1.165) is 4.90 Å². The second-order valence-electron chi connectivity index (χ2n) is 4.55. The van der Waals surface area contributed by atoms with Gasteiger partial charge in [0.25, 0.3) is 10.1 Å². The molecule has 0 heterocycles. The zero-order valence-electron chi connectivity index (χ0n) is 12.0. The first-order valence-electron chi connectivity index (χ1n) is 6.22. The van der Waals surface area contributed by atoms with E-state index in [1.54, 1.807) is 0 Å². The van der Waals surface area contributed by atoms with Gasteiger partial charge in [0.05, 0.1) is 16.0 Å².